The van der Waals surface area contributed by atoms with Crippen molar-refractivity contribution in [3.63, 3.8) is 0 Å². The molecule has 2 aromatic carbocycles. The largest absolute Gasteiger partial charge is 0.482 e. The van der Waals surface area contributed by atoms with Gasteiger partial charge in [0.05, 0.1) is 5.56 Å². The molecule has 0 unspecified atom stereocenters. The molecule has 126 valence electrons. The van der Waals surface area contributed by atoms with E-state index < -0.39 is 30.9 Å². The summed E-state index contributed by atoms with van der Waals surface area (Å²) < 4.78 is 47.4. The third-order valence-corrected chi connectivity index (χ3v) is 2.98. The van der Waals surface area contributed by atoms with Crippen molar-refractivity contribution >= 4 is 11.8 Å². The SMILES string of the molecule is O=C(COc1cccc(C(F)(F)F)c1)OCC(=O)c1ccccc1. The Morgan fingerprint density at radius 1 is 0.917 bits per heavy atom. The first-order valence-corrected chi connectivity index (χ1v) is 6.90. The summed E-state index contributed by atoms with van der Waals surface area (Å²) in [5.74, 6) is -1.35. The molecule has 0 spiro atoms. The van der Waals surface area contributed by atoms with Crippen molar-refractivity contribution in [1.29, 1.82) is 0 Å². The van der Waals surface area contributed by atoms with Crippen molar-refractivity contribution in [2.24, 2.45) is 0 Å². The molecule has 0 saturated heterocycles. The maximum absolute atomic E-state index is 12.6. The van der Waals surface area contributed by atoms with Crippen molar-refractivity contribution in [1.82, 2.24) is 0 Å². The highest BCUT2D eigenvalue weighted by molar-refractivity contribution is 5.97. The lowest BCUT2D eigenvalue weighted by Gasteiger charge is -2.10. The fourth-order valence-corrected chi connectivity index (χ4v) is 1.80. The predicted octanol–water partition coefficient (Wildman–Crippen LogP) is 3.51. The molecule has 0 aliphatic heterocycles. The van der Waals surface area contributed by atoms with Gasteiger partial charge in [0.2, 0.25) is 0 Å². The quantitative estimate of drug-likeness (QED) is 0.597. The first kappa shape index (κ1) is 17.5. The van der Waals surface area contributed by atoms with Crippen molar-refractivity contribution in [3.8, 4) is 5.75 Å². The molecule has 0 amide bonds. The third-order valence-electron chi connectivity index (χ3n) is 2.98. The van der Waals surface area contributed by atoms with Crippen LogP contribution >= 0.6 is 0 Å². The van der Waals surface area contributed by atoms with Crippen LogP contribution in [0.5, 0.6) is 5.75 Å². The molecule has 0 fully saturated rings. The normalized spacial score (nSPS) is 11.0. The third kappa shape index (κ3) is 5.12. The summed E-state index contributed by atoms with van der Waals surface area (Å²) in [4.78, 5) is 23.2. The fourth-order valence-electron chi connectivity index (χ4n) is 1.80. The molecule has 0 aliphatic carbocycles. The zero-order valence-electron chi connectivity index (χ0n) is 12.4. The highest BCUT2D eigenvalue weighted by atomic mass is 19.4. The van der Waals surface area contributed by atoms with Crippen LogP contribution in [0.1, 0.15) is 15.9 Å². The van der Waals surface area contributed by atoms with Crippen LogP contribution in [-0.4, -0.2) is 25.0 Å². The van der Waals surface area contributed by atoms with Crippen LogP contribution in [-0.2, 0) is 15.7 Å². The number of rotatable bonds is 6. The summed E-state index contributed by atoms with van der Waals surface area (Å²) in [6.07, 6.45) is -4.50. The van der Waals surface area contributed by atoms with Crippen molar-refractivity contribution in [2.45, 2.75) is 6.18 Å². The average Bonchev–Trinajstić information content (AvgIpc) is 2.58. The highest BCUT2D eigenvalue weighted by Gasteiger charge is 2.30. The summed E-state index contributed by atoms with van der Waals surface area (Å²) in [6, 6.07) is 12.4. The molecular weight excluding hydrogens is 325 g/mol. The van der Waals surface area contributed by atoms with E-state index >= 15 is 0 Å². The van der Waals surface area contributed by atoms with Gasteiger partial charge in [-0.05, 0) is 18.2 Å². The lowest BCUT2D eigenvalue weighted by atomic mass is 10.1. The van der Waals surface area contributed by atoms with Crippen molar-refractivity contribution < 1.29 is 32.2 Å². The summed E-state index contributed by atoms with van der Waals surface area (Å²) >= 11 is 0. The summed E-state index contributed by atoms with van der Waals surface area (Å²) in [5.41, 5.74) is -0.489. The van der Waals surface area contributed by atoms with Crippen molar-refractivity contribution in [2.75, 3.05) is 13.2 Å². The average molecular weight is 338 g/mol. The number of carbonyl (C=O) groups excluding carboxylic acids is 2. The molecule has 0 bridgehead atoms. The Morgan fingerprint density at radius 3 is 2.29 bits per heavy atom. The van der Waals surface area contributed by atoms with Gasteiger partial charge in [-0.3, -0.25) is 4.79 Å². The fraction of sp³-hybridized carbons (Fsp3) is 0.176. The monoisotopic (exact) mass is 338 g/mol. The molecule has 0 atom stereocenters. The minimum atomic E-state index is -4.50. The highest BCUT2D eigenvalue weighted by Crippen LogP contribution is 2.31. The standard InChI is InChI=1S/C17H13F3O4/c18-17(19,20)13-7-4-8-14(9-13)23-11-16(22)24-10-15(21)12-5-2-1-3-6-12/h1-9H,10-11H2. The molecule has 2 rings (SSSR count). The summed E-state index contributed by atoms with van der Waals surface area (Å²) in [6.45, 7) is -1.06. The molecule has 0 saturated carbocycles. The van der Waals surface area contributed by atoms with Gasteiger partial charge in [-0.15, -0.1) is 0 Å². The predicted molar refractivity (Wildman–Crippen MR) is 78.7 cm³/mol. The number of alkyl halides is 3. The number of carbonyl (C=O) groups is 2. The maximum atomic E-state index is 12.6. The Labute approximate surface area is 135 Å². The van der Waals surface area contributed by atoms with E-state index in [1.807, 2.05) is 0 Å². The first-order valence-electron chi connectivity index (χ1n) is 6.90. The van der Waals surface area contributed by atoms with Gasteiger partial charge >= 0.3 is 12.1 Å². The zero-order valence-corrected chi connectivity index (χ0v) is 12.4. The second-order valence-corrected chi connectivity index (χ2v) is 4.76. The lowest BCUT2D eigenvalue weighted by molar-refractivity contribution is -0.144. The van der Waals surface area contributed by atoms with E-state index in [1.165, 1.54) is 12.1 Å². The number of hydrogen-bond acceptors (Lipinski definition) is 4. The topological polar surface area (TPSA) is 52.6 Å². The van der Waals surface area contributed by atoms with E-state index in [-0.39, 0.29) is 11.5 Å². The number of esters is 1. The van der Waals surface area contributed by atoms with E-state index in [4.69, 9.17) is 9.47 Å². The van der Waals surface area contributed by atoms with Crippen LogP contribution in [0.2, 0.25) is 0 Å². The van der Waals surface area contributed by atoms with E-state index in [0.717, 1.165) is 12.1 Å². The van der Waals surface area contributed by atoms with Crippen LogP contribution in [0.3, 0.4) is 0 Å². The van der Waals surface area contributed by atoms with Crippen LogP contribution < -0.4 is 4.74 Å². The molecule has 0 heterocycles. The van der Waals surface area contributed by atoms with E-state index in [1.54, 1.807) is 30.3 Å². The van der Waals surface area contributed by atoms with Gasteiger partial charge in [-0.2, -0.15) is 13.2 Å². The number of Topliss-reactive ketones (excluding diaryl/α,β-unsaturated/α-hetero) is 1. The number of ether oxygens (including phenoxy) is 2. The van der Waals surface area contributed by atoms with Gasteiger partial charge in [-0.1, -0.05) is 36.4 Å². The first-order chi connectivity index (χ1) is 11.4. The lowest BCUT2D eigenvalue weighted by Crippen LogP contribution is -2.19. The number of benzene rings is 2. The molecule has 7 heteroatoms. The van der Waals surface area contributed by atoms with Gasteiger partial charge in [0.15, 0.2) is 19.0 Å². The number of hydrogen-bond donors (Lipinski definition) is 0. The van der Waals surface area contributed by atoms with Crippen LogP contribution in [0.25, 0.3) is 0 Å². The van der Waals surface area contributed by atoms with Crippen molar-refractivity contribution in [3.05, 3.63) is 65.7 Å². The second kappa shape index (κ2) is 7.63. The van der Waals surface area contributed by atoms with Crippen LogP contribution in [0.4, 0.5) is 13.2 Å². The number of halogens is 3. The maximum Gasteiger partial charge on any atom is 0.416 e. The Morgan fingerprint density at radius 2 is 1.62 bits per heavy atom. The molecule has 0 aromatic heterocycles. The van der Waals surface area contributed by atoms with Gasteiger partial charge in [-0.25, -0.2) is 4.79 Å². The molecule has 2 aromatic rings. The Balaban J connectivity index is 1.82. The van der Waals surface area contributed by atoms with E-state index in [9.17, 15) is 22.8 Å². The van der Waals surface area contributed by atoms with Gasteiger partial charge in [0.1, 0.15) is 5.75 Å². The Bertz CT molecular complexity index is 711. The summed E-state index contributed by atoms with van der Waals surface area (Å²) in [7, 11) is 0. The summed E-state index contributed by atoms with van der Waals surface area (Å²) in [5, 5.41) is 0. The molecule has 4 nitrogen and oxygen atoms in total. The van der Waals surface area contributed by atoms with Crippen LogP contribution in [0, 0.1) is 0 Å². The van der Waals surface area contributed by atoms with Gasteiger partial charge in [0, 0.05) is 5.56 Å². The smallest absolute Gasteiger partial charge is 0.416 e. The minimum Gasteiger partial charge on any atom is -0.482 e. The van der Waals surface area contributed by atoms with Gasteiger partial charge in [0.25, 0.3) is 0 Å². The Kier molecular flexibility index (Phi) is 5.57. The Hall–Kier alpha value is -2.83. The van der Waals surface area contributed by atoms with E-state index in [0.29, 0.717) is 5.56 Å². The molecule has 0 aliphatic rings. The molecule has 24 heavy (non-hydrogen) atoms. The molecule has 0 radical (unpaired) electrons. The van der Waals surface area contributed by atoms with Gasteiger partial charge < -0.3 is 9.47 Å². The van der Waals surface area contributed by atoms with Crippen LogP contribution in [0.15, 0.2) is 54.6 Å². The zero-order chi connectivity index (χ0) is 17.6. The number of ketones is 1. The minimum absolute atomic E-state index is 0.115. The van der Waals surface area contributed by atoms with E-state index in [2.05, 4.69) is 0 Å². The molecule has 0 N–H and O–H groups in total. The molecular formula is C17H13F3O4. The second-order valence-electron chi connectivity index (χ2n) is 4.76.